The van der Waals surface area contributed by atoms with Gasteiger partial charge in [-0.15, -0.1) is 0 Å². The number of hydrogen-bond donors (Lipinski definition) is 0. The van der Waals surface area contributed by atoms with Gasteiger partial charge in [0.25, 0.3) is 11.6 Å². The molecule has 0 radical (unpaired) electrons. The average molecular weight is 446 g/mol. The SMILES string of the molecule is COCCN(CCOC)c1ccc(-c2nc(-c3cc(F)ccc3OC)no2)cc1[N+](=O)[O-]. The molecule has 3 rings (SSSR count). The van der Waals surface area contributed by atoms with Crippen molar-refractivity contribution in [2.75, 3.05) is 52.5 Å². The van der Waals surface area contributed by atoms with E-state index in [-0.39, 0.29) is 17.4 Å². The summed E-state index contributed by atoms with van der Waals surface area (Å²) in [5, 5.41) is 15.7. The monoisotopic (exact) mass is 446 g/mol. The van der Waals surface area contributed by atoms with Crippen molar-refractivity contribution < 1.29 is 28.0 Å². The van der Waals surface area contributed by atoms with Gasteiger partial charge in [0.15, 0.2) is 0 Å². The summed E-state index contributed by atoms with van der Waals surface area (Å²) in [6.07, 6.45) is 0. The van der Waals surface area contributed by atoms with Gasteiger partial charge < -0.3 is 23.6 Å². The Kier molecular flexibility index (Phi) is 7.68. The fraction of sp³-hybridized carbons (Fsp3) is 0.333. The average Bonchev–Trinajstić information content (AvgIpc) is 3.29. The first-order valence-electron chi connectivity index (χ1n) is 9.67. The Labute approximate surface area is 183 Å². The predicted octanol–water partition coefficient (Wildman–Crippen LogP) is 3.56. The van der Waals surface area contributed by atoms with Gasteiger partial charge >= 0.3 is 0 Å². The van der Waals surface area contributed by atoms with Crippen LogP contribution in [0.1, 0.15) is 0 Å². The molecule has 1 aromatic heterocycles. The lowest BCUT2D eigenvalue weighted by molar-refractivity contribution is -0.384. The Balaban J connectivity index is 1.97. The first kappa shape index (κ1) is 23.1. The smallest absolute Gasteiger partial charge is 0.293 e. The van der Waals surface area contributed by atoms with Gasteiger partial charge in [0.05, 0.1) is 30.8 Å². The lowest BCUT2D eigenvalue weighted by atomic mass is 10.1. The van der Waals surface area contributed by atoms with E-state index in [9.17, 15) is 14.5 Å². The van der Waals surface area contributed by atoms with Crippen molar-refractivity contribution in [2.24, 2.45) is 0 Å². The van der Waals surface area contributed by atoms with Gasteiger partial charge in [-0.25, -0.2) is 4.39 Å². The zero-order valence-corrected chi connectivity index (χ0v) is 17.9. The Hall–Kier alpha value is -3.57. The Morgan fingerprint density at radius 1 is 1.09 bits per heavy atom. The van der Waals surface area contributed by atoms with Gasteiger partial charge in [-0.1, -0.05) is 5.16 Å². The van der Waals surface area contributed by atoms with E-state index in [1.54, 1.807) is 26.4 Å². The normalized spacial score (nSPS) is 10.9. The maximum absolute atomic E-state index is 13.7. The van der Waals surface area contributed by atoms with Crippen LogP contribution in [0, 0.1) is 15.9 Å². The third-order valence-electron chi connectivity index (χ3n) is 4.72. The van der Waals surface area contributed by atoms with Crippen LogP contribution in [0.3, 0.4) is 0 Å². The largest absolute Gasteiger partial charge is 0.496 e. The summed E-state index contributed by atoms with van der Waals surface area (Å²) < 4.78 is 34.4. The second-order valence-corrected chi connectivity index (χ2v) is 6.70. The van der Waals surface area contributed by atoms with Crippen LogP contribution in [0.4, 0.5) is 15.8 Å². The van der Waals surface area contributed by atoms with Crippen LogP contribution >= 0.6 is 0 Å². The van der Waals surface area contributed by atoms with Crippen LogP contribution in [0.5, 0.6) is 5.75 Å². The number of anilines is 1. The van der Waals surface area contributed by atoms with Crippen LogP contribution in [-0.4, -0.2) is 62.7 Å². The number of nitro groups is 1. The number of ether oxygens (including phenoxy) is 3. The summed E-state index contributed by atoms with van der Waals surface area (Å²) in [6, 6.07) is 8.56. The van der Waals surface area contributed by atoms with E-state index in [4.69, 9.17) is 18.7 Å². The lowest BCUT2D eigenvalue weighted by Crippen LogP contribution is -2.31. The second kappa shape index (κ2) is 10.6. The highest BCUT2D eigenvalue weighted by atomic mass is 19.1. The fourth-order valence-electron chi connectivity index (χ4n) is 3.13. The maximum Gasteiger partial charge on any atom is 0.293 e. The van der Waals surface area contributed by atoms with Crippen LogP contribution in [0.25, 0.3) is 22.8 Å². The predicted molar refractivity (Wildman–Crippen MR) is 114 cm³/mol. The van der Waals surface area contributed by atoms with E-state index < -0.39 is 10.7 Å². The zero-order valence-electron chi connectivity index (χ0n) is 17.9. The first-order valence-corrected chi connectivity index (χ1v) is 9.67. The molecule has 0 N–H and O–H groups in total. The molecule has 0 amide bonds. The molecule has 0 saturated heterocycles. The molecule has 10 nitrogen and oxygen atoms in total. The van der Waals surface area contributed by atoms with Crippen LogP contribution < -0.4 is 9.64 Å². The minimum atomic E-state index is -0.487. The highest BCUT2D eigenvalue weighted by Gasteiger charge is 2.23. The number of hydrogen-bond acceptors (Lipinski definition) is 9. The van der Waals surface area contributed by atoms with Gasteiger partial charge in [0.1, 0.15) is 17.3 Å². The highest BCUT2D eigenvalue weighted by molar-refractivity contribution is 5.72. The highest BCUT2D eigenvalue weighted by Crippen LogP contribution is 2.34. The number of benzene rings is 2. The van der Waals surface area contributed by atoms with E-state index in [0.29, 0.717) is 48.9 Å². The summed E-state index contributed by atoms with van der Waals surface area (Å²) in [7, 11) is 4.57. The van der Waals surface area contributed by atoms with E-state index in [1.807, 2.05) is 4.90 Å². The molecule has 170 valence electrons. The minimum absolute atomic E-state index is 0.0568. The molecule has 0 unspecified atom stereocenters. The Morgan fingerprint density at radius 2 is 1.81 bits per heavy atom. The maximum atomic E-state index is 13.7. The molecule has 0 aliphatic rings. The number of methoxy groups -OCH3 is 3. The molecule has 32 heavy (non-hydrogen) atoms. The Bertz CT molecular complexity index is 1070. The first-order chi connectivity index (χ1) is 15.5. The molecule has 0 aliphatic heterocycles. The van der Waals surface area contributed by atoms with Gasteiger partial charge in [-0.2, -0.15) is 4.98 Å². The third kappa shape index (κ3) is 5.18. The molecule has 0 atom stereocenters. The van der Waals surface area contributed by atoms with Crippen LogP contribution in [-0.2, 0) is 9.47 Å². The zero-order chi connectivity index (χ0) is 23.1. The van der Waals surface area contributed by atoms with E-state index in [0.717, 1.165) is 0 Å². The van der Waals surface area contributed by atoms with Gasteiger partial charge in [0.2, 0.25) is 5.82 Å². The number of halogens is 1. The van der Waals surface area contributed by atoms with Crippen LogP contribution in [0.15, 0.2) is 40.9 Å². The summed E-state index contributed by atoms with van der Waals surface area (Å²) in [5.74, 6) is 0.0394. The standard InChI is InChI=1S/C21H23FN4O6/c1-29-10-8-25(9-11-30-2)17-6-4-14(12-18(17)26(27)28)21-23-20(24-32-21)16-13-15(22)5-7-19(16)31-3/h4-7,12-13H,8-11H2,1-3H3. The third-order valence-corrected chi connectivity index (χ3v) is 4.72. The molecule has 0 aliphatic carbocycles. The van der Waals surface area contributed by atoms with Crippen molar-refractivity contribution in [2.45, 2.75) is 0 Å². The molecular formula is C21H23FN4O6. The molecule has 1 heterocycles. The Morgan fingerprint density at radius 3 is 2.44 bits per heavy atom. The van der Waals surface area contributed by atoms with Crippen molar-refractivity contribution >= 4 is 11.4 Å². The van der Waals surface area contributed by atoms with E-state index >= 15 is 0 Å². The van der Waals surface area contributed by atoms with Crippen molar-refractivity contribution in [1.29, 1.82) is 0 Å². The molecule has 3 aromatic rings. The van der Waals surface area contributed by atoms with E-state index in [2.05, 4.69) is 10.1 Å². The molecule has 0 bridgehead atoms. The molecule has 11 heteroatoms. The second-order valence-electron chi connectivity index (χ2n) is 6.70. The number of rotatable bonds is 11. The minimum Gasteiger partial charge on any atom is -0.496 e. The number of nitro benzene ring substituents is 1. The quantitative estimate of drug-likeness (QED) is 0.322. The summed E-state index contributed by atoms with van der Waals surface area (Å²) in [5.41, 5.74) is 0.948. The number of aromatic nitrogens is 2. The number of nitrogens with zero attached hydrogens (tertiary/aromatic N) is 4. The van der Waals surface area contributed by atoms with E-state index in [1.165, 1.54) is 31.4 Å². The van der Waals surface area contributed by atoms with Gasteiger partial charge in [-0.3, -0.25) is 10.1 Å². The summed E-state index contributed by atoms with van der Waals surface area (Å²) in [4.78, 5) is 17.4. The molecule has 0 saturated carbocycles. The molecule has 2 aromatic carbocycles. The summed E-state index contributed by atoms with van der Waals surface area (Å²) in [6.45, 7) is 1.68. The van der Waals surface area contributed by atoms with Crippen LogP contribution in [0.2, 0.25) is 0 Å². The van der Waals surface area contributed by atoms with Crippen molar-refractivity contribution in [3.63, 3.8) is 0 Å². The van der Waals surface area contributed by atoms with Gasteiger partial charge in [-0.05, 0) is 30.3 Å². The molecular weight excluding hydrogens is 423 g/mol. The topological polar surface area (TPSA) is 113 Å². The van der Waals surface area contributed by atoms with Gasteiger partial charge in [0, 0.05) is 38.9 Å². The van der Waals surface area contributed by atoms with Crippen molar-refractivity contribution in [3.8, 4) is 28.6 Å². The molecule has 0 spiro atoms. The van der Waals surface area contributed by atoms with Crippen molar-refractivity contribution in [3.05, 3.63) is 52.3 Å². The fourth-order valence-corrected chi connectivity index (χ4v) is 3.13. The lowest BCUT2D eigenvalue weighted by Gasteiger charge is -2.24. The summed E-state index contributed by atoms with van der Waals surface area (Å²) >= 11 is 0. The van der Waals surface area contributed by atoms with Crippen molar-refractivity contribution in [1.82, 2.24) is 10.1 Å². The molecule has 0 fully saturated rings.